The van der Waals surface area contributed by atoms with Crippen LogP contribution in [0.1, 0.15) is 38.7 Å². The van der Waals surface area contributed by atoms with Crippen LogP contribution in [0, 0.1) is 11.3 Å². The van der Waals surface area contributed by atoms with Crippen LogP contribution in [-0.2, 0) is 6.42 Å². The Morgan fingerprint density at radius 2 is 2.10 bits per heavy atom. The second-order valence-electron chi connectivity index (χ2n) is 6.51. The molecule has 0 atom stereocenters. The van der Waals surface area contributed by atoms with Crippen LogP contribution in [0.25, 0.3) is 0 Å². The quantitative estimate of drug-likeness (QED) is 0.794. The largest absolute Gasteiger partial charge is 0.496 e. The van der Waals surface area contributed by atoms with E-state index in [0.29, 0.717) is 11.3 Å². The molecule has 0 aromatic heterocycles. The van der Waals surface area contributed by atoms with Crippen molar-refractivity contribution in [2.45, 2.75) is 39.5 Å². The SMILES string of the molecule is COc1ccc(Br)cc1CC1(CNCC(C)C)CCC1. The van der Waals surface area contributed by atoms with Crippen molar-refractivity contribution in [1.82, 2.24) is 5.32 Å². The summed E-state index contributed by atoms with van der Waals surface area (Å²) in [5.74, 6) is 1.73. The van der Waals surface area contributed by atoms with Gasteiger partial charge in [0, 0.05) is 11.0 Å². The van der Waals surface area contributed by atoms with E-state index in [1.165, 1.54) is 24.8 Å². The van der Waals surface area contributed by atoms with Gasteiger partial charge < -0.3 is 10.1 Å². The highest BCUT2D eigenvalue weighted by atomic mass is 79.9. The molecule has 1 aromatic carbocycles. The summed E-state index contributed by atoms with van der Waals surface area (Å²) in [6.45, 7) is 6.76. The smallest absolute Gasteiger partial charge is 0.122 e. The Labute approximate surface area is 131 Å². The lowest BCUT2D eigenvalue weighted by molar-refractivity contribution is 0.128. The molecule has 0 bridgehead atoms. The maximum Gasteiger partial charge on any atom is 0.122 e. The van der Waals surface area contributed by atoms with Crippen molar-refractivity contribution in [2.75, 3.05) is 20.2 Å². The van der Waals surface area contributed by atoms with Gasteiger partial charge in [0.05, 0.1) is 7.11 Å². The average Bonchev–Trinajstić information content (AvgIpc) is 2.35. The second kappa shape index (κ2) is 6.95. The van der Waals surface area contributed by atoms with Gasteiger partial charge in [-0.2, -0.15) is 0 Å². The van der Waals surface area contributed by atoms with Crippen molar-refractivity contribution in [3.05, 3.63) is 28.2 Å². The minimum Gasteiger partial charge on any atom is -0.496 e. The van der Waals surface area contributed by atoms with E-state index >= 15 is 0 Å². The van der Waals surface area contributed by atoms with Crippen molar-refractivity contribution < 1.29 is 4.74 Å². The summed E-state index contributed by atoms with van der Waals surface area (Å²) in [7, 11) is 1.76. The molecule has 0 amide bonds. The number of hydrogen-bond donors (Lipinski definition) is 1. The molecule has 0 saturated heterocycles. The van der Waals surface area contributed by atoms with Crippen LogP contribution in [0.3, 0.4) is 0 Å². The fourth-order valence-electron chi connectivity index (χ4n) is 3.01. The molecule has 1 aliphatic carbocycles. The molecule has 112 valence electrons. The molecule has 2 nitrogen and oxygen atoms in total. The predicted octanol–water partition coefficient (Wildman–Crippen LogP) is 4.42. The Kier molecular flexibility index (Phi) is 5.50. The first kappa shape index (κ1) is 15.8. The average molecular weight is 340 g/mol. The Balaban J connectivity index is 2.04. The molecular weight excluding hydrogens is 314 g/mol. The first-order valence-corrected chi connectivity index (χ1v) is 8.37. The summed E-state index contributed by atoms with van der Waals surface area (Å²) in [5.41, 5.74) is 1.76. The third kappa shape index (κ3) is 3.98. The lowest BCUT2D eigenvalue weighted by Crippen LogP contribution is -2.42. The maximum atomic E-state index is 5.52. The molecule has 1 fully saturated rings. The molecule has 1 N–H and O–H groups in total. The van der Waals surface area contributed by atoms with Gasteiger partial charge in [0.25, 0.3) is 0 Å². The molecule has 0 heterocycles. The van der Waals surface area contributed by atoms with E-state index in [2.05, 4.69) is 47.2 Å². The van der Waals surface area contributed by atoms with E-state index in [0.717, 1.165) is 29.7 Å². The molecule has 3 heteroatoms. The summed E-state index contributed by atoms with van der Waals surface area (Å²) in [6.07, 6.45) is 5.13. The number of rotatable bonds is 7. The first-order valence-electron chi connectivity index (χ1n) is 7.58. The van der Waals surface area contributed by atoms with Crippen LogP contribution in [0.15, 0.2) is 22.7 Å². The Morgan fingerprint density at radius 3 is 2.65 bits per heavy atom. The van der Waals surface area contributed by atoms with Gasteiger partial charge in [-0.15, -0.1) is 0 Å². The summed E-state index contributed by atoms with van der Waals surface area (Å²) in [6, 6.07) is 6.32. The summed E-state index contributed by atoms with van der Waals surface area (Å²) in [4.78, 5) is 0. The number of ether oxygens (including phenoxy) is 1. The highest BCUT2D eigenvalue weighted by Gasteiger charge is 2.37. The molecule has 0 spiro atoms. The van der Waals surface area contributed by atoms with Crippen molar-refractivity contribution in [1.29, 1.82) is 0 Å². The zero-order valence-electron chi connectivity index (χ0n) is 12.8. The third-order valence-corrected chi connectivity index (χ3v) is 4.77. The van der Waals surface area contributed by atoms with Gasteiger partial charge in [-0.1, -0.05) is 36.2 Å². The summed E-state index contributed by atoms with van der Waals surface area (Å²) < 4.78 is 6.65. The lowest BCUT2D eigenvalue weighted by Gasteiger charge is -2.43. The summed E-state index contributed by atoms with van der Waals surface area (Å²) in [5, 5.41) is 3.65. The standard InChI is InChI=1S/C17H26BrNO/c1-13(2)11-19-12-17(7-4-8-17)10-14-9-15(18)5-6-16(14)20-3/h5-6,9,13,19H,4,7-8,10-12H2,1-3H3. The van der Waals surface area contributed by atoms with Crippen LogP contribution >= 0.6 is 15.9 Å². The van der Waals surface area contributed by atoms with E-state index in [1.54, 1.807) is 7.11 Å². The third-order valence-electron chi connectivity index (χ3n) is 4.27. The number of nitrogens with one attached hydrogen (secondary N) is 1. The topological polar surface area (TPSA) is 21.3 Å². The van der Waals surface area contributed by atoms with Gasteiger partial charge >= 0.3 is 0 Å². The molecule has 1 aliphatic rings. The van der Waals surface area contributed by atoms with Gasteiger partial charge in [0.1, 0.15) is 5.75 Å². The highest BCUT2D eigenvalue weighted by molar-refractivity contribution is 9.10. The van der Waals surface area contributed by atoms with Crippen LogP contribution in [-0.4, -0.2) is 20.2 Å². The van der Waals surface area contributed by atoms with E-state index in [1.807, 2.05) is 6.07 Å². The number of benzene rings is 1. The molecule has 0 aliphatic heterocycles. The molecule has 0 radical (unpaired) electrons. The van der Waals surface area contributed by atoms with Crippen molar-refractivity contribution in [3.63, 3.8) is 0 Å². The number of methoxy groups -OCH3 is 1. The van der Waals surface area contributed by atoms with Crippen LogP contribution < -0.4 is 10.1 Å². The van der Waals surface area contributed by atoms with Crippen molar-refractivity contribution >= 4 is 15.9 Å². The molecule has 1 saturated carbocycles. The zero-order chi connectivity index (χ0) is 14.6. The van der Waals surface area contributed by atoms with Crippen LogP contribution in [0.4, 0.5) is 0 Å². The zero-order valence-corrected chi connectivity index (χ0v) is 14.4. The predicted molar refractivity (Wildman–Crippen MR) is 88.4 cm³/mol. The first-order chi connectivity index (χ1) is 9.54. The normalized spacial score (nSPS) is 17.1. The van der Waals surface area contributed by atoms with Crippen molar-refractivity contribution in [3.8, 4) is 5.75 Å². The minimum absolute atomic E-state index is 0.433. The number of hydrogen-bond acceptors (Lipinski definition) is 2. The fourth-order valence-corrected chi connectivity index (χ4v) is 3.42. The molecule has 1 aromatic rings. The van der Waals surface area contributed by atoms with Crippen LogP contribution in [0.5, 0.6) is 5.75 Å². The molecule has 20 heavy (non-hydrogen) atoms. The van der Waals surface area contributed by atoms with E-state index in [-0.39, 0.29) is 0 Å². The molecule has 0 unspecified atom stereocenters. The maximum absolute atomic E-state index is 5.52. The Bertz CT molecular complexity index is 441. The van der Waals surface area contributed by atoms with E-state index < -0.39 is 0 Å². The molecule has 2 rings (SSSR count). The lowest BCUT2D eigenvalue weighted by atomic mass is 9.65. The van der Waals surface area contributed by atoms with Crippen molar-refractivity contribution in [2.24, 2.45) is 11.3 Å². The van der Waals surface area contributed by atoms with Crippen LogP contribution in [0.2, 0.25) is 0 Å². The van der Waals surface area contributed by atoms with Gasteiger partial charge in [-0.25, -0.2) is 0 Å². The Hall–Kier alpha value is -0.540. The van der Waals surface area contributed by atoms with Gasteiger partial charge in [-0.05, 0) is 60.9 Å². The monoisotopic (exact) mass is 339 g/mol. The highest BCUT2D eigenvalue weighted by Crippen LogP contribution is 2.44. The number of halogens is 1. The second-order valence-corrected chi connectivity index (χ2v) is 7.43. The molecular formula is C17H26BrNO. The van der Waals surface area contributed by atoms with Gasteiger partial charge in [0.2, 0.25) is 0 Å². The fraction of sp³-hybridized carbons (Fsp3) is 0.647. The Morgan fingerprint density at radius 1 is 1.35 bits per heavy atom. The van der Waals surface area contributed by atoms with E-state index in [4.69, 9.17) is 4.74 Å². The van der Waals surface area contributed by atoms with E-state index in [9.17, 15) is 0 Å². The van der Waals surface area contributed by atoms with Gasteiger partial charge in [0.15, 0.2) is 0 Å². The minimum atomic E-state index is 0.433. The van der Waals surface area contributed by atoms with Gasteiger partial charge in [-0.3, -0.25) is 0 Å². The summed E-state index contributed by atoms with van der Waals surface area (Å²) >= 11 is 3.57.